The molecule has 1 aromatic rings. The molecule has 1 atom stereocenters. The Bertz CT molecular complexity index is 535. The summed E-state index contributed by atoms with van der Waals surface area (Å²) in [5, 5.41) is 0. The Morgan fingerprint density at radius 2 is 1.86 bits per heavy atom. The number of rotatable bonds is 4. The number of hydrogen-bond donors (Lipinski definition) is 0. The smallest absolute Gasteiger partial charge is 0.319 e. The molecule has 4 nitrogen and oxygen atoms in total. The SMILES string of the molecule is COC(=O)C1(CC(=O)c2ccccc2)CCCCCC1=O. The minimum atomic E-state index is -1.29. The highest BCUT2D eigenvalue weighted by Crippen LogP contribution is 2.37. The lowest BCUT2D eigenvalue weighted by molar-refractivity contribution is -0.158. The van der Waals surface area contributed by atoms with E-state index in [1.807, 2.05) is 6.07 Å². The number of carbonyl (C=O) groups excluding carboxylic acids is 3. The van der Waals surface area contributed by atoms with Gasteiger partial charge in [-0.15, -0.1) is 0 Å². The molecular formula is C17H20O4. The molecule has 1 saturated carbocycles. The molecule has 1 aliphatic carbocycles. The lowest BCUT2D eigenvalue weighted by Gasteiger charge is -2.27. The van der Waals surface area contributed by atoms with E-state index in [4.69, 9.17) is 4.74 Å². The molecule has 0 N–H and O–H groups in total. The maximum Gasteiger partial charge on any atom is 0.319 e. The third-order valence-electron chi connectivity index (χ3n) is 4.18. The molecular weight excluding hydrogens is 268 g/mol. The zero-order valence-electron chi connectivity index (χ0n) is 12.3. The van der Waals surface area contributed by atoms with Crippen molar-refractivity contribution in [1.29, 1.82) is 0 Å². The number of benzene rings is 1. The summed E-state index contributed by atoms with van der Waals surface area (Å²) in [6, 6.07) is 8.77. The molecule has 21 heavy (non-hydrogen) atoms. The Balaban J connectivity index is 2.30. The summed E-state index contributed by atoms with van der Waals surface area (Å²) in [5.41, 5.74) is -0.768. The fourth-order valence-corrected chi connectivity index (χ4v) is 2.94. The van der Waals surface area contributed by atoms with Gasteiger partial charge >= 0.3 is 5.97 Å². The average Bonchev–Trinajstić information content (AvgIpc) is 2.70. The topological polar surface area (TPSA) is 60.4 Å². The normalized spacial score (nSPS) is 22.4. The molecule has 1 unspecified atom stereocenters. The van der Waals surface area contributed by atoms with Crippen LogP contribution in [0, 0.1) is 5.41 Å². The van der Waals surface area contributed by atoms with Crippen molar-refractivity contribution in [3.63, 3.8) is 0 Å². The largest absolute Gasteiger partial charge is 0.468 e. The Morgan fingerprint density at radius 1 is 1.14 bits per heavy atom. The first kappa shape index (κ1) is 15.4. The van der Waals surface area contributed by atoms with Gasteiger partial charge in [0.25, 0.3) is 0 Å². The van der Waals surface area contributed by atoms with Crippen LogP contribution in [0.4, 0.5) is 0 Å². The molecule has 4 heteroatoms. The fourth-order valence-electron chi connectivity index (χ4n) is 2.94. The van der Waals surface area contributed by atoms with E-state index in [1.54, 1.807) is 24.3 Å². The van der Waals surface area contributed by atoms with Crippen molar-refractivity contribution in [2.75, 3.05) is 7.11 Å². The molecule has 0 amide bonds. The van der Waals surface area contributed by atoms with Crippen LogP contribution in [0.2, 0.25) is 0 Å². The zero-order valence-corrected chi connectivity index (χ0v) is 12.3. The van der Waals surface area contributed by atoms with Gasteiger partial charge in [0.2, 0.25) is 0 Å². The van der Waals surface area contributed by atoms with E-state index in [1.165, 1.54) is 7.11 Å². The Hall–Kier alpha value is -1.97. The number of esters is 1. The van der Waals surface area contributed by atoms with Crippen LogP contribution in [0.25, 0.3) is 0 Å². The zero-order chi connectivity index (χ0) is 15.3. The molecule has 0 bridgehead atoms. The molecule has 1 aromatic carbocycles. The fraction of sp³-hybridized carbons (Fsp3) is 0.471. The molecule has 0 saturated heterocycles. The quantitative estimate of drug-likeness (QED) is 0.370. The van der Waals surface area contributed by atoms with Gasteiger partial charge in [-0.3, -0.25) is 14.4 Å². The van der Waals surface area contributed by atoms with Crippen molar-refractivity contribution in [2.45, 2.75) is 38.5 Å². The second-order valence-corrected chi connectivity index (χ2v) is 5.52. The Labute approximate surface area is 124 Å². The van der Waals surface area contributed by atoms with Crippen LogP contribution >= 0.6 is 0 Å². The molecule has 0 spiro atoms. The van der Waals surface area contributed by atoms with Crippen molar-refractivity contribution in [3.8, 4) is 0 Å². The molecule has 2 rings (SSSR count). The van der Waals surface area contributed by atoms with Gasteiger partial charge in [0.05, 0.1) is 7.11 Å². The van der Waals surface area contributed by atoms with Gasteiger partial charge in [-0.05, 0) is 12.8 Å². The number of hydrogen-bond acceptors (Lipinski definition) is 4. The standard InChI is InChI=1S/C17H20O4/c1-21-16(20)17(11-7-3-6-10-15(17)19)12-14(18)13-8-4-2-5-9-13/h2,4-5,8-9H,3,6-7,10-12H2,1H3. The van der Waals surface area contributed by atoms with Crippen LogP contribution in [0.1, 0.15) is 48.9 Å². The first-order chi connectivity index (χ1) is 10.1. The van der Waals surface area contributed by atoms with Crippen LogP contribution in [0.5, 0.6) is 0 Å². The number of methoxy groups -OCH3 is 1. The first-order valence-corrected chi connectivity index (χ1v) is 7.30. The lowest BCUT2D eigenvalue weighted by atomic mass is 9.74. The van der Waals surface area contributed by atoms with Crippen molar-refractivity contribution in [3.05, 3.63) is 35.9 Å². The Morgan fingerprint density at radius 3 is 2.52 bits per heavy atom. The molecule has 0 aliphatic heterocycles. The van der Waals surface area contributed by atoms with E-state index < -0.39 is 11.4 Å². The third-order valence-corrected chi connectivity index (χ3v) is 4.18. The van der Waals surface area contributed by atoms with Crippen molar-refractivity contribution in [1.82, 2.24) is 0 Å². The van der Waals surface area contributed by atoms with E-state index in [0.717, 1.165) is 19.3 Å². The van der Waals surface area contributed by atoms with Gasteiger partial charge in [-0.25, -0.2) is 0 Å². The van der Waals surface area contributed by atoms with Crippen molar-refractivity contribution in [2.24, 2.45) is 5.41 Å². The van der Waals surface area contributed by atoms with Crippen LogP contribution < -0.4 is 0 Å². The summed E-state index contributed by atoms with van der Waals surface area (Å²) in [6.07, 6.45) is 3.10. The van der Waals surface area contributed by atoms with E-state index in [9.17, 15) is 14.4 Å². The molecule has 0 heterocycles. The average molecular weight is 288 g/mol. The van der Waals surface area contributed by atoms with E-state index in [0.29, 0.717) is 18.4 Å². The van der Waals surface area contributed by atoms with Gasteiger partial charge in [-0.2, -0.15) is 0 Å². The maximum atomic E-state index is 12.5. The monoisotopic (exact) mass is 288 g/mol. The van der Waals surface area contributed by atoms with Crippen molar-refractivity contribution < 1.29 is 19.1 Å². The van der Waals surface area contributed by atoms with E-state index in [2.05, 4.69) is 0 Å². The highest BCUT2D eigenvalue weighted by atomic mass is 16.5. The number of ether oxygens (including phenoxy) is 1. The van der Waals surface area contributed by atoms with E-state index >= 15 is 0 Å². The predicted octanol–water partition coefficient (Wildman–Crippen LogP) is 2.95. The highest BCUT2D eigenvalue weighted by Gasteiger charge is 2.48. The summed E-state index contributed by atoms with van der Waals surface area (Å²) < 4.78 is 4.84. The van der Waals surface area contributed by atoms with Crippen molar-refractivity contribution >= 4 is 17.5 Å². The van der Waals surface area contributed by atoms with Gasteiger partial charge in [-0.1, -0.05) is 43.2 Å². The van der Waals surface area contributed by atoms with E-state index in [-0.39, 0.29) is 18.0 Å². The second-order valence-electron chi connectivity index (χ2n) is 5.52. The lowest BCUT2D eigenvalue weighted by Crippen LogP contribution is -2.41. The van der Waals surface area contributed by atoms with Gasteiger partial charge in [0.15, 0.2) is 11.6 Å². The summed E-state index contributed by atoms with van der Waals surface area (Å²) >= 11 is 0. The summed E-state index contributed by atoms with van der Waals surface area (Å²) in [5.74, 6) is -0.911. The maximum absolute atomic E-state index is 12.5. The highest BCUT2D eigenvalue weighted by molar-refractivity contribution is 6.09. The van der Waals surface area contributed by atoms with Gasteiger partial charge in [0, 0.05) is 18.4 Å². The molecule has 0 radical (unpaired) electrons. The second kappa shape index (κ2) is 6.66. The van der Waals surface area contributed by atoms with Crippen LogP contribution in [-0.2, 0) is 14.3 Å². The summed E-state index contributed by atoms with van der Waals surface area (Å²) in [6.45, 7) is 0. The number of carbonyl (C=O) groups is 3. The first-order valence-electron chi connectivity index (χ1n) is 7.30. The minimum Gasteiger partial charge on any atom is -0.468 e. The summed E-state index contributed by atoms with van der Waals surface area (Å²) in [4.78, 5) is 37.1. The summed E-state index contributed by atoms with van der Waals surface area (Å²) in [7, 11) is 1.27. The van der Waals surface area contributed by atoms with Gasteiger partial charge < -0.3 is 4.74 Å². The van der Waals surface area contributed by atoms with Crippen LogP contribution in [0.3, 0.4) is 0 Å². The van der Waals surface area contributed by atoms with Gasteiger partial charge in [0.1, 0.15) is 5.41 Å². The third kappa shape index (κ3) is 3.20. The molecule has 1 aliphatic rings. The number of ketones is 2. The minimum absolute atomic E-state index is 0.0947. The number of Topliss-reactive ketones (excluding diaryl/α,β-unsaturated/α-hetero) is 2. The van der Waals surface area contributed by atoms with Crippen LogP contribution in [-0.4, -0.2) is 24.6 Å². The molecule has 0 aromatic heterocycles. The molecule has 112 valence electrons. The predicted molar refractivity (Wildman–Crippen MR) is 77.9 cm³/mol. The van der Waals surface area contributed by atoms with Crippen LogP contribution in [0.15, 0.2) is 30.3 Å². The molecule has 1 fully saturated rings. The Kier molecular flexibility index (Phi) is 4.89.